The van der Waals surface area contributed by atoms with Crippen LogP contribution in [0.25, 0.3) is 0 Å². The summed E-state index contributed by atoms with van der Waals surface area (Å²) in [7, 11) is 0. The highest BCUT2D eigenvalue weighted by Gasteiger charge is 2.38. The van der Waals surface area contributed by atoms with Gasteiger partial charge in [0.15, 0.2) is 0 Å². The lowest BCUT2D eigenvalue weighted by atomic mass is 10.1. The van der Waals surface area contributed by atoms with E-state index in [4.69, 9.17) is 4.74 Å². The molecule has 8 nitrogen and oxygen atoms in total. The smallest absolute Gasteiger partial charge is 0.410 e. The summed E-state index contributed by atoms with van der Waals surface area (Å²) >= 11 is 0. The minimum Gasteiger partial charge on any atom is -0.447 e. The van der Waals surface area contributed by atoms with Gasteiger partial charge in [0.25, 0.3) is 11.6 Å². The Balaban J connectivity index is 1.76. The van der Waals surface area contributed by atoms with Gasteiger partial charge in [-0.05, 0) is 19.1 Å². The number of nitro benzene ring substituents is 1. The summed E-state index contributed by atoms with van der Waals surface area (Å²) in [5.74, 6) is -0.183. The summed E-state index contributed by atoms with van der Waals surface area (Å²) in [5, 5.41) is 10.8. The highest BCUT2D eigenvalue weighted by molar-refractivity contribution is 5.95. The molecular weight excluding hydrogens is 290 g/mol. The maximum absolute atomic E-state index is 12.5. The quantitative estimate of drug-likeness (QED) is 0.604. The molecule has 1 atom stereocenters. The molecule has 2 aliphatic heterocycles. The van der Waals surface area contributed by atoms with Crippen LogP contribution in [0.1, 0.15) is 15.9 Å². The molecule has 116 valence electrons. The van der Waals surface area contributed by atoms with Crippen LogP contribution in [0.4, 0.5) is 10.5 Å². The maximum Gasteiger partial charge on any atom is 0.410 e. The van der Waals surface area contributed by atoms with Crippen molar-refractivity contribution < 1.29 is 19.2 Å². The Morgan fingerprint density at radius 1 is 1.41 bits per heavy atom. The van der Waals surface area contributed by atoms with Crippen molar-refractivity contribution in [1.29, 1.82) is 0 Å². The lowest BCUT2D eigenvalue weighted by Crippen LogP contribution is -2.53. The number of carbonyl (C=O) groups excluding carboxylic acids is 2. The standard InChI is InChI=1S/C14H15N3O5/c1-9-6-10(2-3-12(9)17(20)21)13(18)15-4-5-16-11(7-15)8-22-14(16)19/h2-3,6,11H,4-5,7-8H2,1H3/t11-/m0/s1. The van der Waals surface area contributed by atoms with Crippen molar-refractivity contribution in [1.82, 2.24) is 9.80 Å². The number of carbonyl (C=O) groups is 2. The minimum absolute atomic E-state index is 0.00356. The van der Waals surface area contributed by atoms with Crippen molar-refractivity contribution in [3.05, 3.63) is 39.4 Å². The van der Waals surface area contributed by atoms with Gasteiger partial charge >= 0.3 is 6.09 Å². The van der Waals surface area contributed by atoms with E-state index in [1.807, 2.05) is 0 Å². The highest BCUT2D eigenvalue weighted by Crippen LogP contribution is 2.22. The van der Waals surface area contributed by atoms with Crippen LogP contribution in [0.15, 0.2) is 18.2 Å². The predicted molar refractivity (Wildman–Crippen MR) is 75.6 cm³/mol. The number of nitro groups is 1. The molecule has 2 saturated heterocycles. The average molecular weight is 305 g/mol. The number of benzene rings is 1. The molecule has 3 rings (SSSR count). The van der Waals surface area contributed by atoms with E-state index in [-0.39, 0.29) is 23.7 Å². The van der Waals surface area contributed by atoms with E-state index in [0.29, 0.717) is 37.4 Å². The normalized spacial score (nSPS) is 20.6. The third-order valence-corrected chi connectivity index (χ3v) is 4.04. The van der Waals surface area contributed by atoms with Gasteiger partial charge in [-0.15, -0.1) is 0 Å². The summed E-state index contributed by atoms with van der Waals surface area (Å²) in [6.45, 7) is 3.19. The highest BCUT2D eigenvalue weighted by atomic mass is 16.6. The molecule has 1 aromatic carbocycles. The predicted octanol–water partition coefficient (Wildman–Crippen LogP) is 1.18. The first-order chi connectivity index (χ1) is 10.5. The first-order valence-corrected chi connectivity index (χ1v) is 6.95. The molecule has 0 spiro atoms. The first-order valence-electron chi connectivity index (χ1n) is 6.95. The number of piperazine rings is 1. The minimum atomic E-state index is -0.468. The molecular formula is C14H15N3O5. The molecule has 0 bridgehead atoms. The lowest BCUT2D eigenvalue weighted by Gasteiger charge is -2.35. The second-order valence-corrected chi connectivity index (χ2v) is 5.43. The number of rotatable bonds is 2. The van der Waals surface area contributed by atoms with Crippen LogP contribution in [-0.4, -0.2) is 59.0 Å². The molecule has 2 heterocycles. The Bertz CT molecular complexity index is 660. The summed E-state index contributed by atoms with van der Waals surface area (Å²) in [5.41, 5.74) is 0.867. The monoisotopic (exact) mass is 305 g/mol. The maximum atomic E-state index is 12.5. The van der Waals surface area contributed by atoms with Gasteiger partial charge in [0.05, 0.1) is 11.0 Å². The van der Waals surface area contributed by atoms with E-state index >= 15 is 0 Å². The van der Waals surface area contributed by atoms with E-state index in [1.165, 1.54) is 18.2 Å². The fraction of sp³-hybridized carbons (Fsp3) is 0.429. The van der Waals surface area contributed by atoms with Crippen molar-refractivity contribution >= 4 is 17.7 Å². The Labute approximate surface area is 126 Å². The van der Waals surface area contributed by atoms with Crippen molar-refractivity contribution in [2.45, 2.75) is 13.0 Å². The summed E-state index contributed by atoms with van der Waals surface area (Å²) in [4.78, 5) is 37.6. The largest absolute Gasteiger partial charge is 0.447 e. The van der Waals surface area contributed by atoms with E-state index in [2.05, 4.69) is 0 Å². The number of aryl methyl sites for hydroxylation is 1. The van der Waals surface area contributed by atoms with E-state index in [1.54, 1.807) is 16.7 Å². The molecule has 0 radical (unpaired) electrons. The van der Waals surface area contributed by atoms with Crippen molar-refractivity contribution in [2.75, 3.05) is 26.2 Å². The van der Waals surface area contributed by atoms with Crippen LogP contribution in [0.5, 0.6) is 0 Å². The molecule has 8 heteroatoms. The van der Waals surface area contributed by atoms with Gasteiger partial charge in [-0.2, -0.15) is 0 Å². The van der Waals surface area contributed by atoms with Gasteiger partial charge in [0.2, 0.25) is 0 Å². The second-order valence-electron chi connectivity index (χ2n) is 5.43. The van der Waals surface area contributed by atoms with Crippen LogP contribution in [-0.2, 0) is 4.74 Å². The molecule has 2 fully saturated rings. The zero-order valence-electron chi connectivity index (χ0n) is 12.0. The Morgan fingerprint density at radius 3 is 2.86 bits per heavy atom. The van der Waals surface area contributed by atoms with Crippen molar-refractivity contribution in [2.24, 2.45) is 0 Å². The number of ether oxygens (including phenoxy) is 1. The molecule has 22 heavy (non-hydrogen) atoms. The second kappa shape index (κ2) is 5.28. The fourth-order valence-electron chi connectivity index (χ4n) is 2.85. The van der Waals surface area contributed by atoms with Crippen molar-refractivity contribution in [3.8, 4) is 0 Å². The number of cyclic esters (lactones) is 1. The van der Waals surface area contributed by atoms with Gasteiger partial charge < -0.3 is 9.64 Å². The number of fused-ring (bicyclic) bond motifs is 1. The average Bonchev–Trinajstić information content (AvgIpc) is 2.87. The number of nitrogens with zero attached hydrogens (tertiary/aromatic N) is 3. The fourth-order valence-corrected chi connectivity index (χ4v) is 2.85. The SMILES string of the molecule is Cc1cc(C(=O)N2CCN3C(=O)OC[C@@H]3C2)ccc1[N+](=O)[O-]. The van der Waals surface area contributed by atoms with Crippen LogP contribution >= 0.6 is 0 Å². The molecule has 2 amide bonds. The Kier molecular flexibility index (Phi) is 3.44. The Hall–Kier alpha value is -2.64. The van der Waals surface area contributed by atoms with Crippen molar-refractivity contribution in [3.63, 3.8) is 0 Å². The van der Waals surface area contributed by atoms with Gasteiger partial charge in [0.1, 0.15) is 6.61 Å². The molecule has 0 saturated carbocycles. The van der Waals surface area contributed by atoms with Crippen LogP contribution in [0.2, 0.25) is 0 Å². The number of amides is 2. The first kappa shape index (κ1) is 14.3. The van der Waals surface area contributed by atoms with E-state index < -0.39 is 4.92 Å². The van der Waals surface area contributed by atoms with Gasteiger partial charge in [-0.1, -0.05) is 0 Å². The van der Waals surface area contributed by atoms with Gasteiger partial charge in [-0.3, -0.25) is 19.8 Å². The summed E-state index contributed by atoms with van der Waals surface area (Å²) < 4.78 is 4.97. The van der Waals surface area contributed by atoms with E-state index in [0.717, 1.165) is 0 Å². The molecule has 0 aromatic heterocycles. The molecule has 1 aromatic rings. The van der Waals surface area contributed by atoms with Gasteiger partial charge in [0, 0.05) is 36.8 Å². The Morgan fingerprint density at radius 2 is 2.18 bits per heavy atom. The lowest BCUT2D eigenvalue weighted by molar-refractivity contribution is -0.385. The summed E-state index contributed by atoms with van der Waals surface area (Å²) in [6.07, 6.45) is -0.330. The van der Waals surface area contributed by atoms with Gasteiger partial charge in [-0.25, -0.2) is 4.79 Å². The molecule has 0 unspecified atom stereocenters. The van der Waals surface area contributed by atoms with Crippen LogP contribution < -0.4 is 0 Å². The third-order valence-electron chi connectivity index (χ3n) is 4.04. The van der Waals surface area contributed by atoms with Crippen LogP contribution in [0.3, 0.4) is 0 Å². The van der Waals surface area contributed by atoms with E-state index in [9.17, 15) is 19.7 Å². The zero-order chi connectivity index (χ0) is 15.9. The molecule has 2 aliphatic rings. The number of hydrogen-bond donors (Lipinski definition) is 0. The summed E-state index contributed by atoms with van der Waals surface area (Å²) in [6, 6.07) is 4.24. The molecule has 0 aliphatic carbocycles. The molecule has 0 N–H and O–H groups in total. The number of hydrogen-bond acceptors (Lipinski definition) is 5. The topological polar surface area (TPSA) is 93.0 Å². The van der Waals surface area contributed by atoms with Crippen LogP contribution in [0, 0.1) is 17.0 Å². The third kappa shape index (κ3) is 2.36. The zero-order valence-corrected chi connectivity index (χ0v) is 12.0.